The fourth-order valence-corrected chi connectivity index (χ4v) is 6.77. The second kappa shape index (κ2) is 15.2. The van der Waals surface area contributed by atoms with E-state index >= 15 is 0 Å². The molecule has 4 aromatic carbocycles. The fourth-order valence-electron chi connectivity index (χ4n) is 5.07. The third-order valence-corrected chi connectivity index (χ3v) is 9.98. The summed E-state index contributed by atoms with van der Waals surface area (Å²) in [7, 11) is -4.17. The van der Waals surface area contributed by atoms with Crippen molar-refractivity contribution in [3.05, 3.63) is 130 Å². The van der Waals surface area contributed by atoms with E-state index in [0.29, 0.717) is 17.1 Å². The van der Waals surface area contributed by atoms with E-state index in [1.54, 1.807) is 48.5 Å². The smallest absolute Gasteiger partial charge is 0.264 e. The van der Waals surface area contributed by atoms with E-state index in [9.17, 15) is 18.0 Å². The Morgan fingerprint density at radius 3 is 2.11 bits per heavy atom. The molecule has 45 heavy (non-hydrogen) atoms. The standard InChI is InChI=1S/C36H40ClN3O4S/c1-5-27(3)38-36(42)34(23-29-15-8-6-9-16-29)39(24-30-17-13-18-31(37)22-30)35(41)25-40(33-21-12-14-26(2)28(33)4)45(43,44)32-19-10-7-11-20-32/h6-22,27,34H,5,23-25H2,1-4H3,(H,38,42)/t27-,34+/m1/s1. The molecule has 236 valence electrons. The van der Waals surface area contributed by atoms with Crippen LogP contribution in [0.25, 0.3) is 0 Å². The highest BCUT2D eigenvalue weighted by Gasteiger charge is 2.35. The van der Waals surface area contributed by atoms with Crippen LogP contribution in [0.15, 0.2) is 108 Å². The van der Waals surface area contributed by atoms with Gasteiger partial charge < -0.3 is 10.2 Å². The van der Waals surface area contributed by atoms with Crippen LogP contribution in [-0.4, -0.2) is 43.8 Å². The Kier molecular flexibility index (Phi) is 11.4. The molecule has 4 aromatic rings. The van der Waals surface area contributed by atoms with E-state index in [2.05, 4.69) is 5.32 Å². The van der Waals surface area contributed by atoms with Crippen LogP contribution < -0.4 is 9.62 Å². The molecule has 0 aliphatic heterocycles. The number of benzene rings is 4. The van der Waals surface area contributed by atoms with E-state index < -0.39 is 28.5 Å². The predicted molar refractivity (Wildman–Crippen MR) is 181 cm³/mol. The maximum Gasteiger partial charge on any atom is 0.264 e. The minimum atomic E-state index is -4.17. The summed E-state index contributed by atoms with van der Waals surface area (Å²) >= 11 is 6.32. The number of carbonyl (C=O) groups is 2. The van der Waals surface area contributed by atoms with Crippen LogP contribution in [0.3, 0.4) is 0 Å². The van der Waals surface area contributed by atoms with Gasteiger partial charge >= 0.3 is 0 Å². The van der Waals surface area contributed by atoms with Crippen molar-refractivity contribution >= 4 is 39.1 Å². The lowest BCUT2D eigenvalue weighted by Gasteiger charge is -2.34. The first-order chi connectivity index (χ1) is 21.5. The van der Waals surface area contributed by atoms with Gasteiger partial charge in [-0.3, -0.25) is 13.9 Å². The molecule has 9 heteroatoms. The summed E-state index contributed by atoms with van der Waals surface area (Å²) in [4.78, 5) is 30.1. The zero-order valence-corrected chi connectivity index (χ0v) is 27.7. The van der Waals surface area contributed by atoms with Crippen LogP contribution in [0.5, 0.6) is 0 Å². The maximum atomic E-state index is 14.6. The van der Waals surface area contributed by atoms with Crippen LogP contribution in [0.1, 0.15) is 42.5 Å². The Morgan fingerprint density at radius 1 is 0.844 bits per heavy atom. The number of anilines is 1. The van der Waals surface area contributed by atoms with Crippen LogP contribution in [0, 0.1) is 13.8 Å². The van der Waals surface area contributed by atoms with E-state index in [1.165, 1.54) is 17.0 Å². The largest absolute Gasteiger partial charge is 0.352 e. The molecule has 0 fully saturated rings. The van der Waals surface area contributed by atoms with Crippen molar-refractivity contribution in [1.82, 2.24) is 10.2 Å². The van der Waals surface area contributed by atoms with Crippen molar-refractivity contribution in [2.24, 2.45) is 0 Å². The van der Waals surface area contributed by atoms with E-state index in [0.717, 1.165) is 26.6 Å². The van der Waals surface area contributed by atoms with Crippen LogP contribution in [0.4, 0.5) is 5.69 Å². The van der Waals surface area contributed by atoms with Gasteiger partial charge in [0.05, 0.1) is 10.6 Å². The van der Waals surface area contributed by atoms with Gasteiger partial charge in [0.15, 0.2) is 0 Å². The first-order valence-corrected chi connectivity index (χ1v) is 16.8. The quantitative estimate of drug-likeness (QED) is 0.175. The van der Waals surface area contributed by atoms with Gasteiger partial charge in [-0.05, 0) is 79.8 Å². The lowest BCUT2D eigenvalue weighted by Crippen LogP contribution is -2.54. The first-order valence-electron chi connectivity index (χ1n) is 15.0. The van der Waals surface area contributed by atoms with Crippen LogP contribution >= 0.6 is 11.6 Å². The van der Waals surface area contributed by atoms with Gasteiger partial charge in [-0.25, -0.2) is 8.42 Å². The van der Waals surface area contributed by atoms with Gasteiger partial charge in [0.1, 0.15) is 12.6 Å². The molecule has 0 aromatic heterocycles. The molecule has 0 unspecified atom stereocenters. The fraction of sp³-hybridized carbons (Fsp3) is 0.278. The van der Waals surface area contributed by atoms with Gasteiger partial charge in [-0.1, -0.05) is 91.3 Å². The highest BCUT2D eigenvalue weighted by atomic mass is 35.5. The molecule has 0 heterocycles. The topological polar surface area (TPSA) is 86.8 Å². The third-order valence-electron chi connectivity index (χ3n) is 7.97. The monoisotopic (exact) mass is 645 g/mol. The van der Waals surface area contributed by atoms with Crippen LogP contribution in [0.2, 0.25) is 5.02 Å². The van der Waals surface area contributed by atoms with Crippen molar-refractivity contribution in [3.63, 3.8) is 0 Å². The van der Waals surface area contributed by atoms with Gasteiger partial charge in [0, 0.05) is 24.0 Å². The molecule has 0 spiro atoms. The Morgan fingerprint density at radius 2 is 1.47 bits per heavy atom. The number of halogens is 1. The average Bonchev–Trinajstić information content (AvgIpc) is 3.03. The summed E-state index contributed by atoms with van der Waals surface area (Å²) in [6, 6.07) is 29.0. The van der Waals surface area contributed by atoms with E-state index in [-0.39, 0.29) is 29.8 Å². The average molecular weight is 646 g/mol. The lowest BCUT2D eigenvalue weighted by atomic mass is 10.0. The molecular weight excluding hydrogens is 606 g/mol. The molecule has 0 aliphatic rings. The lowest BCUT2D eigenvalue weighted by molar-refractivity contribution is -0.140. The number of sulfonamides is 1. The Balaban J connectivity index is 1.83. The number of aryl methyl sites for hydroxylation is 1. The predicted octanol–water partition coefficient (Wildman–Crippen LogP) is 6.71. The number of hydrogen-bond donors (Lipinski definition) is 1. The SMILES string of the molecule is CC[C@@H](C)NC(=O)[C@H](Cc1ccccc1)N(Cc1cccc(Cl)c1)C(=O)CN(c1cccc(C)c1C)S(=O)(=O)c1ccccc1. The Bertz CT molecular complexity index is 1720. The molecule has 4 rings (SSSR count). The molecule has 0 bridgehead atoms. The van der Waals surface area contributed by atoms with E-state index in [4.69, 9.17) is 11.6 Å². The number of rotatable bonds is 13. The van der Waals surface area contributed by atoms with Gasteiger partial charge in [-0.15, -0.1) is 0 Å². The van der Waals surface area contributed by atoms with Gasteiger partial charge in [0.25, 0.3) is 10.0 Å². The maximum absolute atomic E-state index is 14.6. The molecule has 0 saturated carbocycles. The van der Waals surface area contributed by atoms with Crippen molar-refractivity contribution in [3.8, 4) is 0 Å². The summed E-state index contributed by atoms with van der Waals surface area (Å²) in [5.74, 6) is -0.830. The van der Waals surface area contributed by atoms with Crippen molar-refractivity contribution in [1.29, 1.82) is 0 Å². The summed E-state index contributed by atoms with van der Waals surface area (Å²) in [5.41, 5.74) is 3.61. The van der Waals surface area contributed by atoms with E-state index in [1.807, 2.05) is 70.2 Å². The van der Waals surface area contributed by atoms with Crippen molar-refractivity contribution in [2.75, 3.05) is 10.8 Å². The van der Waals surface area contributed by atoms with Gasteiger partial charge in [-0.2, -0.15) is 0 Å². The highest BCUT2D eigenvalue weighted by Crippen LogP contribution is 2.29. The van der Waals surface area contributed by atoms with Crippen molar-refractivity contribution < 1.29 is 18.0 Å². The molecule has 1 N–H and O–H groups in total. The number of amides is 2. The zero-order valence-electron chi connectivity index (χ0n) is 26.1. The zero-order chi connectivity index (χ0) is 32.6. The molecule has 7 nitrogen and oxygen atoms in total. The summed E-state index contributed by atoms with van der Waals surface area (Å²) < 4.78 is 29.5. The number of nitrogens with zero attached hydrogens (tertiary/aromatic N) is 2. The minimum absolute atomic E-state index is 0.0524. The molecule has 2 atom stereocenters. The summed E-state index contributed by atoms with van der Waals surface area (Å²) in [6.45, 7) is 7.16. The van der Waals surface area contributed by atoms with Crippen LogP contribution in [-0.2, 0) is 32.6 Å². The normalized spacial score (nSPS) is 12.6. The number of nitrogens with one attached hydrogen (secondary N) is 1. The summed E-state index contributed by atoms with van der Waals surface area (Å²) in [6.07, 6.45) is 0.950. The number of carbonyl (C=O) groups excluding carboxylic acids is 2. The van der Waals surface area contributed by atoms with Crippen molar-refractivity contribution in [2.45, 2.75) is 64.1 Å². The van der Waals surface area contributed by atoms with Gasteiger partial charge in [0.2, 0.25) is 11.8 Å². The first kappa shape index (κ1) is 33.7. The Hall–Kier alpha value is -4.14. The molecule has 2 amide bonds. The highest BCUT2D eigenvalue weighted by molar-refractivity contribution is 7.92. The molecule has 0 saturated heterocycles. The molecule has 0 aliphatic carbocycles. The Labute approximate surface area is 271 Å². The second-order valence-electron chi connectivity index (χ2n) is 11.2. The summed E-state index contributed by atoms with van der Waals surface area (Å²) in [5, 5.41) is 3.54. The molecule has 0 radical (unpaired) electrons. The minimum Gasteiger partial charge on any atom is -0.352 e. The number of hydrogen-bond acceptors (Lipinski definition) is 4. The molecular formula is C36H40ClN3O4S. The third kappa shape index (κ3) is 8.53. The second-order valence-corrected chi connectivity index (χ2v) is 13.5.